The number of carbonyl (C=O) groups is 4. The number of phenols is 1. The second-order valence-electron chi connectivity index (χ2n) is 21.4. The monoisotopic (exact) mass is 1120 g/mol. The molecule has 0 bridgehead atoms. The van der Waals surface area contributed by atoms with E-state index >= 15 is 0 Å². The van der Waals surface area contributed by atoms with E-state index in [2.05, 4.69) is 47.1 Å². The van der Waals surface area contributed by atoms with Crippen LogP contribution >= 0.6 is 0 Å². The predicted octanol–water partition coefficient (Wildman–Crippen LogP) is 8.94. The standard InChI is InChI=1S/C66H83N5O11/c1-5-57(47-15-8-6-9-16-47)62(49-23-27-52(72)28-24-49)50-25-29-53(30-26-50)80-36-35-70(4)61(73)45-79-40-39-77-37-38-78-41-42-81-54-31-33-55(34-32-54)82-56-43-60(65(75)68-59-22-14-20-48-17-12-13-21-58(48)59)71(44-56)66(76)63(51-18-10-7-11-19-51)69-64(74)46(2)67-3/h6,8-9,12-13,15-17,21,23-34,46,51,56,59-60,63,67,72H,5,7,10-11,14,18-20,22,35-45H2,1-4H3,(H,68,75)(H,69,74)/b62-57-/t46-,56-,59+,60-,63-/m0/s1. The summed E-state index contributed by atoms with van der Waals surface area (Å²) in [4.78, 5) is 58.4. The van der Waals surface area contributed by atoms with Crippen molar-refractivity contribution in [2.45, 2.75) is 108 Å². The average molecular weight is 1120 g/mol. The summed E-state index contributed by atoms with van der Waals surface area (Å²) in [5.74, 6) is 1.27. The van der Waals surface area contributed by atoms with Crippen LogP contribution in [0.15, 0.2) is 127 Å². The highest BCUT2D eigenvalue weighted by Crippen LogP contribution is 2.37. The van der Waals surface area contributed by atoms with Gasteiger partial charge in [0.15, 0.2) is 0 Å². The van der Waals surface area contributed by atoms with Gasteiger partial charge in [-0.2, -0.15) is 0 Å². The molecule has 8 rings (SSSR count). The van der Waals surface area contributed by atoms with Crippen molar-refractivity contribution in [3.05, 3.63) is 155 Å². The van der Waals surface area contributed by atoms with E-state index in [0.29, 0.717) is 69.9 Å². The van der Waals surface area contributed by atoms with Gasteiger partial charge in [-0.25, -0.2) is 0 Å². The number of hydrogen-bond acceptors (Lipinski definition) is 12. The summed E-state index contributed by atoms with van der Waals surface area (Å²) in [7, 11) is 3.44. The minimum atomic E-state index is -0.769. The second kappa shape index (κ2) is 31.3. The van der Waals surface area contributed by atoms with Gasteiger partial charge in [0.1, 0.15) is 61.0 Å². The van der Waals surface area contributed by atoms with Crippen LogP contribution in [0.25, 0.3) is 11.1 Å². The Morgan fingerprint density at radius 1 is 0.683 bits per heavy atom. The molecule has 16 nitrogen and oxygen atoms in total. The molecular weight excluding hydrogens is 1040 g/mol. The Kier molecular flexibility index (Phi) is 23.2. The number of likely N-dealkylation sites (N-methyl/N-ethyl adjacent to an activating group) is 2. The Balaban J connectivity index is 0.717. The topological polar surface area (TPSA) is 186 Å². The van der Waals surface area contributed by atoms with Crippen molar-refractivity contribution in [1.82, 2.24) is 25.8 Å². The fourth-order valence-corrected chi connectivity index (χ4v) is 11.2. The molecule has 0 radical (unpaired) electrons. The van der Waals surface area contributed by atoms with Crippen LogP contribution in [0, 0.1) is 5.92 Å². The van der Waals surface area contributed by atoms with Gasteiger partial charge in [0.05, 0.1) is 58.2 Å². The fourth-order valence-electron chi connectivity index (χ4n) is 11.2. The lowest BCUT2D eigenvalue weighted by molar-refractivity contribution is -0.143. The summed E-state index contributed by atoms with van der Waals surface area (Å²) in [5.41, 5.74) is 7.84. The van der Waals surface area contributed by atoms with Gasteiger partial charge < -0.3 is 59.3 Å². The number of aryl methyl sites for hydroxylation is 1. The number of ether oxygens (including phenoxy) is 6. The molecule has 5 aromatic rings. The zero-order chi connectivity index (χ0) is 57.6. The van der Waals surface area contributed by atoms with Gasteiger partial charge in [-0.3, -0.25) is 19.2 Å². The number of carbonyl (C=O) groups excluding carboxylic acids is 4. The molecule has 2 fully saturated rings. The van der Waals surface area contributed by atoms with Crippen LogP contribution < -0.4 is 30.2 Å². The maximum atomic E-state index is 14.7. The third kappa shape index (κ3) is 17.2. The molecule has 5 atom stereocenters. The van der Waals surface area contributed by atoms with E-state index < -0.39 is 24.2 Å². The number of benzene rings is 5. The fraction of sp³-hybridized carbons (Fsp3) is 0.455. The molecule has 2 aliphatic carbocycles. The Hall–Kier alpha value is -7.24. The first-order valence-electron chi connectivity index (χ1n) is 29.3. The quantitative estimate of drug-likeness (QED) is 0.0264. The molecule has 16 heteroatoms. The molecule has 1 saturated carbocycles. The zero-order valence-electron chi connectivity index (χ0n) is 48.2. The van der Waals surface area contributed by atoms with E-state index in [1.165, 1.54) is 11.1 Å². The number of aromatic hydroxyl groups is 1. The predicted molar refractivity (Wildman–Crippen MR) is 317 cm³/mol. The highest BCUT2D eigenvalue weighted by atomic mass is 16.6. The average Bonchev–Trinajstić information content (AvgIpc) is 4.16. The minimum absolute atomic E-state index is 0.0198. The van der Waals surface area contributed by atoms with Crippen molar-refractivity contribution in [2.24, 2.45) is 5.92 Å². The highest BCUT2D eigenvalue weighted by Gasteiger charge is 2.45. The van der Waals surface area contributed by atoms with Crippen LogP contribution in [0.1, 0.15) is 105 Å². The van der Waals surface area contributed by atoms with Crippen LogP contribution in [0.2, 0.25) is 0 Å². The normalized spacial score (nSPS) is 18.1. The van der Waals surface area contributed by atoms with Gasteiger partial charge in [0.2, 0.25) is 23.6 Å². The van der Waals surface area contributed by atoms with Crippen LogP contribution in [-0.4, -0.2) is 143 Å². The number of hydrogen-bond donors (Lipinski definition) is 4. The molecule has 438 valence electrons. The number of phenolic OH excluding ortho intramolecular Hbond substituents is 1. The summed E-state index contributed by atoms with van der Waals surface area (Å²) in [6.45, 7) is 6.72. The summed E-state index contributed by atoms with van der Waals surface area (Å²) in [5, 5.41) is 19.4. The van der Waals surface area contributed by atoms with E-state index in [0.717, 1.165) is 85.6 Å². The van der Waals surface area contributed by atoms with E-state index in [9.17, 15) is 24.3 Å². The van der Waals surface area contributed by atoms with Gasteiger partial charge in [-0.15, -0.1) is 0 Å². The first-order valence-corrected chi connectivity index (χ1v) is 29.3. The van der Waals surface area contributed by atoms with Gasteiger partial charge in [-0.05, 0) is 146 Å². The Labute approximate surface area is 483 Å². The smallest absolute Gasteiger partial charge is 0.248 e. The number of nitrogens with one attached hydrogen (secondary N) is 3. The molecule has 4 amide bonds. The van der Waals surface area contributed by atoms with Crippen molar-refractivity contribution < 1.29 is 52.7 Å². The third-order valence-electron chi connectivity index (χ3n) is 15.8. The van der Waals surface area contributed by atoms with Crippen molar-refractivity contribution >= 4 is 34.8 Å². The van der Waals surface area contributed by atoms with Gasteiger partial charge in [0, 0.05) is 13.5 Å². The Morgan fingerprint density at radius 2 is 1.29 bits per heavy atom. The first-order chi connectivity index (χ1) is 40.0. The van der Waals surface area contributed by atoms with Crippen LogP contribution in [0.5, 0.6) is 23.0 Å². The molecule has 0 aromatic heterocycles. The van der Waals surface area contributed by atoms with Crippen LogP contribution in [-0.2, 0) is 39.8 Å². The SMILES string of the molecule is CC/C(=C(\c1ccc(O)cc1)c1ccc(OCCN(C)C(=O)COCCOCCOCCOc2ccc(O[C@H]3C[C@@H](C(=O)N[C@@H]4CCCc5ccccc54)N(C(=O)[C@@H](NC(=O)[C@H](C)NC)C4CCCCC4)C3)cc2)cc1)c1ccccc1. The molecule has 1 heterocycles. The molecule has 0 spiro atoms. The number of allylic oxidation sites excluding steroid dienone is 1. The Morgan fingerprint density at radius 3 is 1.98 bits per heavy atom. The molecule has 5 aromatic carbocycles. The summed E-state index contributed by atoms with van der Waals surface area (Å²) in [6, 6.07) is 38.9. The van der Waals surface area contributed by atoms with Crippen LogP contribution in [0.4, 0.5) is 0 Å². The van der Waals surface area contributed by atoms with Crippen molar-refractivity contribution in [1.29, 1.82) is 0 Å². The zero-order valence-corrected chi connectivity index (χ0v) is 48.2. The molecule has 0 unspecified atom stereocenters. The first kappa shape index (κ1) is 60.8. The van der Waals surface area contributed by atoms with E-state index in [4.69, 9.17) is 28.4 Å². The van der Waals surface area contributed by atoms with E-state index in [-0.39, 0.29) is 61.1 Å². The van der Waals surface area contributed by atoms with E-state index in [1.807, 2.05) is 91.0 Å². The van der Waals surface area contributed by atoms with Gasteiger partial charge in [0.25, 0.3) is 0 Å². The van der Waals surface area contributed by atoms with Crippen molar-refractivity contribution in [2.75, 3.05) is 80.0 Å². The van der Waals surface area contributed by atoms with Gasteiger partial charge in [-0.1, -0.05) is 105 Å². The molecule has 4 N–H and O–H groups in total. The minimum Gasteiger partial charge on any atom is -0.508 e. The number of amides is 4. The number of nitrogens with zero attached hydrogens (tertiary/aromatic N) is 2. The van der Waals surface area contributed by atoms with E-state index in [1.54, 1.807) is 43.0 Å². The maximum Gasteiger partial charge on any atom is 0.248 e. The number of fused-ring (bicyclic) bond motifs is 1. The largest absolute Gasteiger partial charge is 0.508 e. The molecule has 1 aliphatic heterocycles. The van der Waals surface area contributed by atoms with Gasteiger partial charge >= 0.3 is 0 Å². The second-order valence-corrected chi connectivity index (χ2v) is 21.4. The molecule has 3 aliphatic rings. The highest BCUT2D eigenvalue weighted by molar-refractivity contribution is 5.99. The lowest BCUT2D eigenvalue weighted by Gasteiger charge is -2.35. The number of likely N-dealkylation sites (tertiary alicyclic amines) is 1. The summed E-state index contributed by atoms with van der Waals surface area (Å²) >= 11 is 0. The lowest BCUT2D eigenvalue weighted by atomic mass is 9.83. The number of rotatable bonds is 29. The van der Waals surface area contributed by atoms with Crippen molar-refractivity contribution in [3.63, 3.8) is 0 Å². The summed E-state index contributed by atoms with van der Waals surface area (Å²) < 4.78 is 35.4. The summed E-state index contributed by atoms with van der Waals surface area (Å²) in [6.07, 6.45) is 8.19. The lowest BCUT2D eigenvalue weighted by Crippen LogP contribution is -2.58. The molecular formula is C66H83N5O11. The van der Waals surface area contributed by atoms with Crippen molar-refractivity contribution in [3.8, 4) is 23.0 Å². The molecule has 1 saturated heterocycles. The third-order valence-corrected chi connectivity index (χ3v) is 15.8. The Bertz CT molecular complexity index is 2840. The van der Waals surface area contributed by atoms with Crippen LogP contribution in [0.3, 0.4) is 0 Å². The molecule has 82 heavy (non-hydrogen) atoms. The maximum absolute atomic E-state index is 14.7.